The zero-order valence-electron chi connectivity index (χ0n) is 19.6. The summed E-state index contributed by atoms with van der Waals surface area (Å²) in [7, 11) is 0. The van der Waals surface area contributed by atoms with Crippen LogP contribution in [0, 0.1) is 25.2 Å². The van der Waals surface area contributed by atoms with E-state index in [-0.39, 0.29) is 5.54 Å². The van der Waals surface area contributed by atoms with Crippen molar-refractivity contribution >= 4 is 17.2 Å². The third-order valence-electron chi connectivity index (χ3n) is 5.55. The Hall–Kier alpha value is -3.57. The fraction of sp³-hybridized carbons (Fsp3) is 0.400. The van der Waals surface area contributed by atoms with E-state index in [1.807, 2.05) is 30.5 Å². The molecule has 0 amide bonds. The summed E-state index contributed by atoms with van der Waals surface area (Å²) in [5, 5.41) is 10.4. The molecule has 2 heterocycles. The summed E-state index contributed by atoms with van der Waals surface area (Å²) in [6.45, 7) is 9.53. The van der Waals surface area contributed by atoms with E-state index in [1.54, 1.807) is 39.1 Å². The van der Waals surface area contributed by atoms with E-state index in [4.69, 9.17) is 19.9 Å². The number of nitrogens with zero attached hydrogens (tertiary/aromatic N) is 3. The highest BCUT2D eigenvalue weighted by molar-refractivity contribution is 5.86. The lowest BCUT2D eigenvalue weighted by molar-refractivity contribution is 0.0205. The fourth-order valence-electron chi connectivity index (χ4n) is 3.61. The van der Waals surface area contributed by atoms with Crippen LogP contribution in [0.1, 0.15) is 50.3 Å². The van der Waals surface area contributed by atoms with Gasteiger partial charge in [-0.15, -0.1) is 0 Å². The Morgan fingerprint density at radius 2 is 1.97 bits per heavy atom. The smallest absolute Gasteiger partial charge is 0.476 e. The third-order valence-corrected chi connectivity index (χ3v) is 5.55. The van der Waals surface area contributed by atoms with Crippen LogP contribution in [0.2, 0.25) is 0 Å². The highest BCUT2D eigenvalue weighted by atomic mass is 16.7. The first-order valence-corrected chi connectivity index (χ1v) is 10.8. The lowest BCUT2D eigenvalue weighted by Gasteiger charge is -2.20. The Morgan fingerprint density at radius 3 is 2.61 bits per heavy atom. The van der Waals surface area contributed by atoms with E-state index in [1.165, 1.54) is 0 Å². The first-order chi connectivity index (χ1) is 15.5. The number of hydrogen-bond acceptors (Lipinski definition) is 7. The molecule has 2 aromatic heterocycles. The van der Waals surface area contributed by atoms with Crippen molar-refractivity contribution in [2.75, 3.05) is 6.61 Å². The summed E-state index contributed by atoms with van der Waals surface area (Å²) in [5.41, 5.74) is 8.68. The van der Waals surface area contributed by atoms with Gasteiger partial charge >= 0.3 is 6.16 Å². The Balaban J connectivity index is 1.75. The summed E-state index contributed by atoms with van der Waals surface area (Å²) in [6.07, 6.45) is 2.83. The molecule has 1 saturated carbocycles. The molecule has 0 radical (unpaired) electrons. The molecule has 0 spiro atoms. The molecule has 2 N–H and O–H groups in total. The van der Waals surface area contributed by atoms with Crippen molar-refractivity contribution in [3.8, 4) is 23.4 Å². The number of nitriles is 1. The van der Waals surface area contributed by atoms with Crippen LogP contribution in [0.15, 0.2) is 30.5 Å². The Kier molecular flexibility index (Phi) is 5.54. The molecular weight excluding hydrogens is 420 g/mol. The van der Waals surface area contributed by atoms with Crippen molar-refractivity contribution in [2.45, 2.75) is 58.6 Å². The maximum Gasteiger partial charge on any atom is 0.514 e. The maximum absolute atomic E-state index is 12.2. The molecule has 172 valence electrons. The predicted octanol–water partition coefficient (Wildman–Crippen LogP) is 4.70. The normalized spacial score (nSPS) is 14.6. The second kappa shape index (κ2) is 8.09. The molecule has 33 heavy (non-hydrogen) atoms. The monoisotopic (exact) mass is 448 g/mol. The number of ether oxygens (including phenoxy) is 3. The van der Waals surface area contributed by atoms with E-state index in [2.05, 4.69) is 11.1 Å². The molecule has 0 unspecified atom stereocenters. The standard InChI is InChI=1S/C25H28N4O4/c1-15-6-8-19(32-23(30)33-24(3,4)5)16(2)21(15)29-13-17(12-26)18-7-9-20(28-22(18)29)31-14-25(27)10-11-25/h6-9,13H,10-11,14,27H2,1-5H3. The van der Waals surface area contributed by atoms with Gasteiger partial charge in [0, 0.05) is 23.2 Å². The third kappa shape index (κ3) is 4.78. The maximum atomic E-state index is 12.2. The van der Waals surface area contributed by atoms with Crippen LogP contribution in [0.5, 0.6) is 11.6 Å². The number of nitrogens with two attached hydrogens (primary N) is 1. The number of benzene rings is 1. The fourth-order valence-corrected chi connectivity index (χ4v) is 3.61. The summed E-state index contributed by atoms with van der Waals surface area (Å²) in [4.78, 5) is 16.9. The molecular formula is C25H28N4O4. The molecule has 4 rings (SSSR count). The average Bonchev–Trinajstić information content (AvgIpc) is 3.36. The molecule has 1 aromatic carbocycles. The van der Waals surface area contributed by atoms with Crippen molar-refractivity contribution in [2.24, 2.45) is 5.73 Å². The van der Waals surface area contributed by atoms with Gasteiger partial charge in [-0.3, -0.25) is 4.57 Å². The number of fused-ring (bicyclic) bond motifs is 1. The first-order valence-electron chi connectivity index (χ1n) is 10.8. The Morgan fingerprint density at radius 1 is 1.24 bits per heavy atom. The summed E-state index contributed by atoms with van der Waals surface area (Å²) >= 11 is 0. The van der Waals surface area contributed by atoms with Crippen molar-refractivity contribution in [1.82, 2.24) is 9.55 Å². The van der Waals surface area contributed by atoms with Gasteiger partial charge in [-0.05, 0) is 65.2 Å². The van der Waals surface area contributed by atoms with Crippen LogP contribution >= 0.6 is 0 Å². The van der Waals surface area contributed by atoms with Gasteiger partial charge in [0.2, 0.25) is 5.88 Å². The summed E-state index contributed by atoms with van der Waals surface area (Å²) < 4.78 is 18.5. The van der Waals surface area contributed by atoms with Crippen LogP contribution in [-0.4, -0.2) is 33.5 Å². The Bertz CT molecular complexity index is 1280. The second-order valence-corrected chi connectivity index (χ2v) is 9.62. The second-order valence-electron chi connectivity index (χ2n) is 9.62. The van der Waals surface area contributed by atoms with Gasteiger partial charge in [0.15, 0.2) is 0 Å². The van der Waals surface area contributed by atoms with Crippen molar-refractivity contribution in [1.29, 1.82) is 5.26 Å². The van der Waals surface area contributed by atoms with Crippen LogP contribution in [0.3, 0.4) is 0 Å². The number of pyridine rings is 1. The molecule has 0 bridgehead atoms. The highest BCUT2D eigenvalue weighted by Crippen LogP contribution is 2.35. The minimum atomic E-state index is -0.778. The minimum absolute atomic E-state index is 0.267. The molecule has 3 aromatic rings. The summed E-state index contributed by atoms with van der Waals surface area (Å²) in [6, 6.07) is 9.39. The van der Waals surface area contributed by atoms with E-state index in [0.717, 1.165) is 24.1 Å². The number of aryl methyl sites for hydroxylation is 1. The number of hydrogen-bond donors (Lipinski definition) is 1. The van der Waals surface area contributed by atoms with Gasteiger partial charge in [0.05, 0.1) is 16.8 Å². The topological polar surface area (TPSA) is 112 Å². The van der Waals surface area contributed by atoms with Gasteiger partial charge in [-0.1, -0.05) is 6.07 Å². The molecule has 1 aliphatic rings. The van der Waals surface area contributed by atoms with Crippen LogP contribution in [-0.2, 0) is 4.74 Å². The average molecular weight is 449 g/mol. The van der Waals surface area contributed by atoms with Crippen LogP contribution < -0.4 is 15.2 Å². The van der Waals surface area contributed by atoms with Gasteiger partial charge in [-0.2, -0.15) is 10.2 Å². The number of aromatic nitrogens is 2. The van der Waals surface area contributed by atoms with Crippen LogP contribution in [0.4, 0.5) is 4.79 Å². The number of carbonyl (C=O) groups is 1. The highest BCUT2D eigenvalue weighted by Gasteiger charge is 2.39. The van der Waals surface area contributed by atoms with E-state index >= 15 is 0 Å². The molecule has 1 aliphatic carbocycles. The number of carbonyl (C=O) groups excluding carboxylic acids is 1. The molecule has 0 saturated heterocycles. The van der Waals surface area contributed by atoms with Gasteiger partial charge < -0.3 is 19.9 Å². The largest absolute Gasteiger partial charge is 0.514 e. The molecule has 8 nitrogen and oxygen atoms in total. The van der Waals surface area contributed by atoms with Gasteiger partial charge in [-0.25, -0.2) is 4.79 Å². The Labute approximate surface area is 192 Å². The van der Waals surface area contributed by atoms with E-state index in [9.17, 15) is 10.1 Å². The van der Waals surface area contributed by atoms with Gasteiger partial charge in [0.1, 0.15) is 29.7 Å². The van der Waals surface area contributed by atoms with E-state index in [0.29, 0.717) is 40.4 Å². The van der Waals surface area contributed by atoms with Crippen molar-refractivity contribution < 1.29 is 19.0 Å². The van der Waals surface area contributed by atoms with Crippen molar-refractivity contribution in [3.05, 3.63) is 47.2 Å². The SMILES string of the molecule is Cc1ccc(OC(=O)OC(C)(C)C)c(C)c1-n1cc(C#N)c2ccc(OCC3(N)CC3)nc21. The molecule has 0 atom stereocenters. The summed E-state index contributed by atoms with van der Waals surface area (Å²) in [5.74, 6) is 0.816. The zero-order chi connectivity index (χ0) is 24.0. The molecule has 8 heteroatoms. The zero-order valence-corrected chi connectivity index (χ0v) is 19.6. The first kappa shape index (κ1) is 22.6. The lowest BCUT2D eigenvalue weighted by Crippen LogP contribution is -2.29. The van der Waals surface area contributed by atoms with Gasteiger partial charge in [0.25, 0.3) is 0 Å². The van der Waals surface area contributed by atoms with Crippen LogP contribution in [0.25, 0.3) is 16.7 Å². The van der Waals surface area contributed by atoms with E-state index < -0.39 is 11.8 Å². The minimum Gasteiger partial charge on any atom is -0.476 e. The molecule has 1 fully saturated rings. The lowest BCUT2D eigenvalue weighted by atomic mass is 10.1. The molecule has 0 aliphatic heterocycles. The quantitative estimate of drug-likeness (QED) is 0.445. The van der Waals surface area contributed by atoms with Crippen molar-refractivity contribution in [3.63, 3.8) is 0 Å². The number of rotatable bonds is 5. The predicted molar refractivity (Wildman–Crippen MR) is 124 cm³/mol.